The van der Waals surface area contributed by atoms with E-state index in [1.54, 1.807) is 6.20 Å². The summed E-state index contributed by atoms with van der Waals surface area (Å²) in [5.74, 6) is 0.533. The van der Waals surface area contributed by atoms with Gasteiger partial charge in [0.25, 0.3) is 0 Å². The number of hydrogen-bond donors (Lipinski definition) is 0. The van der Waals surface area contributed by atoms with Gasteiger partial charge in [0.1, 0.15) is 6.61 Å². The molecular weight excluding hydrogens is 489 g/mol. The summed E-state index contributed by atoms with van der Waals surface area (Å²) in [5, 5.41) is 0. The summed E-state index contributed by atoms with van der Waals surface area (Å²) < 4.78 is 45.3. The second-order valence-electron chi connectivity index (χ2n) is 9.85. The molecule has 1 aromatic heterocycles. The average molecular weight is 531 g/mol. The lowest BCUT2D eigenvalue weighted by Crippen LogP contribution is -2.41. The lowest BCUT2D eigenvalue weighted by atomic mass is 9.80. The molecule has 0 aliphatic carbocycles. The van der Waals surface area contributed by atoms with E-state index in [-0.39, 0.29) is 11.2 Å². The van der Waals surface area contributed by atoms with Gasteiger partial charge in [0, 0.05) is 11.7 Å². The zero-order valence-corrected chi connectivity index (χ0v) is 23.2. The molecule has 1 aliphatic rings. The highest BCUT2D eigenvalue weighted by Crippen LogP contribution is 2.36. The van der Waals surface area contributed by atoms with Crippen molar-refractivity contribution in [1.29, 1.82) is 0 Å². The van der Waals surface area contributed by atoms with Crippen molar-refractivity contribution in [3.8, 4) is 5.88 Å². The lowest BCUT2D eigenvalue weighted by molar-refractivity contribution is -0.0140. The number of nitrogens with zero attached hydrogens (tertiary/aromatic N) is 1. The summed E-state index contributed by atoms with van der Waals surface area (Å²) in [4.78, 5) is 4.35. The van der Waals surface area contributed by atoms with Crippen LogP contribution in [0.5, 0.6) is 5.88 Å². The molecule has 0 atom stereocenters. The molecule has 2 aromatic rings. The highest BCUT2D eigenvalue weighted by molar-refractivity contribution is 6.62. The Morgan fingerprint density at radius 1 is 0.632 bits per heavy atom. The van der Waals surface area contributed by atoms with Gasteiger partial charge in [0.05, 0.1) is 77.3 Å². The first kappa shape index (κ1) is 30.5. The molecular formula is C28H42BNO8. The van der Waals surface area contributed by atoms with Gasteiger partial charge in [-0.3, -0.25) is 0 Å². The minimum absolute atomic E-state index is 0.380. The summed E-state index contributed by atoms with van der Waals surface area (Å²) >= 11 is 0. The van der Waals surface area contributed by atoms with E-state index in [1.807, 2.05) is 70.2 Å². The van der Waals surface area contributed by atoms with E-state index in [4.69, 9.17) is 37.7 Å². The van der Waals surface area contributed by atoms with Crippen molar-refractivity contribution in [2.45, 2.75) is 45.5 Å². The predicted molar refractivity (Wildman–Crippen MR) is 145 cm³/mol. The zero-order valence-electron chi connectivity index (χ0n) is 23.2. The smallest absolute Gasteiger partial charge is 0.475 e. The number of hydrogen-bond acceptors (Lipinski definition) is 9. The van der Waals surface area contributed by atoms with Crippen molar-refractivity contribution in [3.63, 3.8) is 0 Å². The molecule has 10 heteroatoms. The van der Waals surface area contributed by atoms with E-state index in [1.165, 1.54) is 0 Å². The summed E-state index contributed by atoms with van der Waals surface area (Å²) in [5.41, 5.74) is 1.27. The minimum atomic E-state index is -0.431. The summed E-state index contributed by atoms with van der Waals surface area (Å²) in [6, 6.07) is 13.8. The Morgan fingerprint density at radius 3 is 1.63 bits per heavy atom. The van der Waals surface area contributed by atoms with Crippen LogP contribution in [0.3, 0.4) is 0 Å². The molecule has 0 amide bonds. The van der Waals surface area contributed by atoms with Gasteiger partial charge in [-0.2, -0.15) is 0 Å². The highest BCUT2D eigenvalue weighted by atomic mass is 16.7. The van der Waals surface area contributed by atoms with Crippen LogP contribution in [0.2, 0.25) is 0 Å². The first-order chi connectivity index (χ1) is 18.4. The fraction of sp³-hybridized carbons (Fsp3) is 0.607. The van der Waals surface area contributed by atoms with Crippen LogP contribution in [0.15, 0.2) is 48.7 Å². The largest absolute Gasteiger partial charge is 0.496 e. The highest BCUT2D eigenvalue weighted by Gasteiger charge is 2.51. The molecule has 1 aliphatic heterocycles. The monoisotopic (exact) mass is 531 g/mol. The Balaban J connectivity index is 1.08. The third-order valence-corrected chi connectivity index (χ3v) is 6.36. The third-order valence-electron chi connectivity index (χ3n) is 6.36. The van der Waals surface area contributed by atoms with E-state index in [2.05, 4.69) is 4.98 Å². The average Bonchev–Trinajstić information content (AvgIpc) is 3.13. The van der Waals surface area contributed by atoms with Crippen molar-refractivity contribution in [3.05, 3.63) is 54.2 Å². The van der Waals surface area contributed by atoms with Crippen LogP contribution in [-0.2, 0) is 39.6 Å². The molecule has 9 nitrogen and oxygen atoms in total. The van der Waals surface area contributed by atoms with Crippen molar-refractivity contribution >= 4 is 12.6 Å². The summed E-state index contributed by atoms with van der Waals surface area (Å²) in [6.07, 6.45) is 1.72. The Kier molecular flexibility index (Phi) is 13.0. The van der Waals surface area contributed by atoms with Crippen LogP contribution >= 0.6 is 0 Å². The molecule has 2 heterocycles. The molecule has 0 saturated carbocycles. The molecule has 0 unspecified atom stereocenters. The van der Waals surface area contributed by atoms with E-state index in [9.17, 15) is 0 Å². The molecule has 210 valence electrons. The molecule has 0 spiro atoms. The van der Waals surface area contributed by atoms with Gasteiger partial charge in [-0.25, -0.2) is 4.98 Å². The van der Waals surface area contributed by atoms with Gasteiger partial charge in [-0.15, -0.1) is 0 Å². The molecule has 3 rings (SSSR count). The predicted octanol–water partition coefficient (Wildman–Crippen LogP) is 3.04. The number of rotatable bonds is 19. The van der Waals surface area contributed by atoms with E-state index >= 15 is 0 Å². The van der Waals surface area contributed by atoms with Gasteiger partial charge in [-0.1, -0.05) is 36.4 Å². The normalized spacial score (nSPS) is 16.2. The van der Waals surface area contributed by atoms with Crippen molar-refractivity contribution < 1.29 is 37.7 Å². The van der Waals surface area contributed by atoms with Gasteiger partial charge >= 0.3 is 7.12 Å². The number of aromatic nitrogens is 1. The fourth-order valence-corrected chi connectivity index (χ4v) is 3.44. The summed E-state index contributed by atoms with van der Waals surface area (Å²) in [6.45, 7) is 13.8. The van der Waals surface area contributed by atoms with Crippen molar-refractivity contribution in [1.82, 2.24) is 4.98 Å². The topological polar surface area (TPSA) is 86.7 Å². The lowest BCUT2D eigenvalue weighted by Gasteiger charge is -2.32. The van der Waals surface area contributed by atoms with Gasteiger partial charge in [0.15, 0.2) is 0 Å². The maximum Gasteiger partial charge on any atom is 0.496 e. The van der Waals surface area contributed by atoms with Crippen LogP contribution in [0.4, 0.5) is 0 Å². The van der Waals surface area contributed by atoms with Crippen LogP contribution in [0.25, 0.3) is 0 Å². The molecule has 1 saturated heterocycles. The van der Waals surface area contributed by atoms with E-state index in [0.717, 1.165) is 11.0 Å². The third kappa shape index (κ3) is 10.6. The van der Waals surface area contributed by atoms with Crippen LogP contribution in [-0.4, -0.2) is 89.4 Å². The van der Waals surface area contributed by atoms with Crippen LogP contribution in [0, 0.1) is 0 Å². The fourth-order valence-electron chi connectivity index (χ4n) is 3.44. The standard InChI is InChI=1S/C28H42BNO8/c1-27(2)28(3,4)38-29(37-27)25-10-11-26(30-22-25)36-21-20-34-17-16-32-13-12-31-14-15-33-18-19-35-23-24-8-6-5-7-9-24/h5-11,22H,12-21,23H2,1-4H3. The molecule has 0 bridgehead atoms. The first-order valence-corrected chi connectivity index (χ1v) is 13.2. The second kappa shape index (κ2) is 16.1. The molecule has 1 fully saturated rings. The Labute approximate surface area is 227 Å². The molecule has 38 heavy (non-hydrogen) atoms. The maximum absolute atomic E-state index is 6.04. The van der Waals surface area contributed by atoms with Crippen molar-refractivity contribution in [2.75, 3.05) is 66.1 Å². The van der Waals surface area contributed by atoms with Gasteiger partial charge in [-0.05, 0) is 39.3 Å². The number of ether oxygens (including phenoxy) is 6. The van der Waals surface area contributed by atoms with Crippen molar-refractivity contribution in [2.24, 2.45) is 0 Å². The molecule has 0 N–H and O–H groups in total. The minimum Gasteiger partial charge on any atom is -0.475 e. The SMILES string of the molecule is CC1(C)OB(c2ccc(OCCOCCOCCOCCOCCOCc3ccccc3)nc2)OC1(C)C. The Bertz CT molecular complexity index is 881. The van der Waals surface area contributed by atoms with E-state index in [0.29, 0.717) is 78.6 Å². The quantitative estimate of drug-likeness (QED) is 0.201. The maximum atomic E-state index is 6.04. The second-order valence-corrected chi connectivity index (χ2v) is 9.85. The Hall–Kier alpha value is -2.05. The Morgan fingerprint density at radius 2 is 1.13 bits per heavy atom. The summed E-state index contributed by atoms with van der Waals surface area (Å²) in [7, 11) is -0.431. The van der Waals surface area contributed by atoms with Gasteiger partial charge < -0.3 is 37.7 Å². The zero-order chi connectivity index (χ0) is 27.1. The number of pyridine rings is 1. The molecule has 0 radical (unpaired) electrons. The number of benzene rings is 1. The van der Waals surface area contributed by atoms with Gasteiger partial charge in [0.2, 0.25) is 5.88 Å². The van der Waals surface area contributed by atoms with Crippen LogP contribution < -0.4 is 10.2 Å². The van der Waals surface area contributed by atoms with Crippen LogP contribution in [0.1, 0.15) is 33.3 Å². The molecule has 1 aromatic carbocycles. The first-order valence-electron chi connectivity index (χ1n) is 13.2. The van der Waals surface area contributed by atoms with E-state index < -0.39 is 7.12 Å².